The van der Waals surface area contributed by atoms with E-state index in [-0.39, 0.29) is 23.0 Å². The van der Waals surface area contributed by atoms with Gasteiger partial charge in [-0.3, -0.25) is 0 Å². The quantitative estimate of drug-likeness (QED) is 0.630. The summed E-state index contributed by atoms with van der Waals surface area (Å²) in [5.41, 5.74) is 0.522. The van der Waals surface area contributed by atoms with Gasteiger partial charge in [0.25, 0.3) is 0 Å². The van der Waals surface area contributed by atoms with Crippen molar-refractivity contribution in [2.24, 2.45) is 0 Å². The maximum Gasteiger partial charge on any atom is 0.245 e. The number of hydrogen-bond acceptors (Lipinski definition) is 8. The monoisotopic (exact) mass is 408 g/mol. The summed E-state index contributed by atoms with van der Waals surface area (Å²) in [5.74, 6) is -0.413. The van der Waals surface area contributed by atoms with E-state index in [1.54, 1.807) is 19.1 Å². The molecule has 0 aliphatic carbocycles. The summed E-state index contributed by atoms with van der Waals surface area (Å²) in [5, 5.41) is 6.50. The van der Waals surface area contributed by atoms with E-state index in [0.29, 0.717) is 17.0 Å². The SMILES string of the molecule is Cc1ccc(-c2noc(C(C)S(=O)(=O)Cc3nc(C(C)(C)C)no3)n2)cc1F. The highest BCUT2D eigenvalue weighted by Crippen LogP contribution is 2.27. The van der Waals surface area contributed by atoms with E-state index < -0.39 is 26.7 Å². The predicted molar refractivity (Wildman–Crippen MR) is 98.5 cm³/mol. The fraction of sp³-hybridized carbons (Fsp3) is 0.444. The third kappa shape index (κ3) is 4.11. The molecule has 1 unspecified atom stereocenters. The van der Waals surface area contributed by atoms with Gasteiger partial charge in [0, 0.05) is 11.0 Å². The van der Waals surface area contributed by atoms with Gasteiger partial charge < -0.3 is 9.05 Å². The molecule has 0 N–H and O–H groups in total. The van der Waals surface area contributed by atoms with Crippen LogP contribution in [0.3, 0.4) is 0 Å². The summed E-state index contributed by atoms with van der Waals surface area (Å²) in [4.78, 5) is 8.26. The van der Waals surface area contributed by atoms with E-state index in [2.05, 4.69) is 20.3 Å². The molecule has 0 aliphatic heterocycles. The van der Waals surface area contributed by atoms with Crippen molar-refractivity contribution in [1.29, 1.82) is 0 Å². The van der Waals surface area contributed by atoms with Crippen LogP contribution in [0, 0.1) is 12.7 Å². The molecule has 0 spiro atoms. The average Bonchev–Trinajstić information content (AvgIpc) is 3.25. The molecule has 3 aromatic rings. The van der Waals surface area contributed by atoms with E-state index in [0.717, 1.165) is 0 Å². The van der Waals surface area contributed by atoms with Crippen molar-refractivity contribution in [3.05, 3.63) is 47.2 Å². The average molecular weight is 408 g/mol. The molecule has 3 rings (SSSR count). The van der Waals surface area contributed by atoms with Crippen LogP contribution in [0.25, 0.3) is 11.4 Å². The number of hydrogen-bond donors (Lipinski definition) is 0. The number of aryl methyl sites for hydroxylation is 1. The molecule has 0 radical (unpaired) electrons. The molecule has 0 saturated carbocycles. The van der Waals surface area contributed by atoms with E-state index in [9.17, 15) is 12.8 Å². The second-order valence-electron chi connectivity index (χ2n) is 7.63. The van der Waals surface area contributed by atoms with Gasteiger partial charge in [-0.05, 0) is 25.5 Å². The Morgan fingerprint density at radius 2 is 1.86 bits per heavy atom. The lowest BCUT2D eigenvalue weighted by atomic mass is 9.96. The van der Waals surface area contributed by atoms with Crippen LogP contribution in [0.15, 0.2) is 27.2 Å². The van der Waals surface area contributed by atoms with Crippen molar-refractivity contribution in [3.63, 3.8) is 0 Å². The summed E-state index contributed by atoms with van der Waals surface area (Å²) in [7, 11) is -3.75. The number of benzene rings is 1. The Balaban J connectivity index is 1.81. The van der Waals surface area contributed by atoms with E-state index in [1.807, 2.05) is 20.8 Å². The van der Waals surface area contributed by atoms with Crippen LogP contribution in [-0.4, -0.2) is 28.7 Å². The molecule has 0 bridgehead atoms. The molecule has 8 nitrogen and oxygen atoms in total. The van der Waals surface area contributed by atoms with E-state index >= 15 is 0 Å². The molecule has 1 atom stereocenters. The van der Waals surface area contributed by atoms with Crippen LogP contribution >= 0.6 is 0 Å². The minimum atomic E-state index is -3.75. The Kier molecular flexibility index (Phi) is 5.09. The molecular weight excluding hydrogens is 387 g/mol. The van der Waals surface area contributed by atoms with Crippen LogP contribution in [0.4, 0.5) is 4.39 Å². The number of aromatic nitrogens is 4. The minimum absolute atomic E-state index is 0.00267. The van der Waals surface area contributed by atoms with Crippen molar-refractivity contribution in [1.82, 2.24) is 20.3 Å². The first-order chi connectivity index (χ1) is 13.0. The van der Waals surface area contributed by atoms with E-state index in [1.165, 1.54) is 13.0 Å². The van der Waals surface area contributed by atoms with Gasteiger partial charge in [-0.1, -0.05) is 43.2 Å². The zero-order chi connectivity index (χ0) is 20.7. The third-order valence-electron chi connectivity index (χ3n) is 4.22. The van der Waals surface area contributed by atoms with E-state index in [4.69, 9.17) is 9.05 Å². The second-order valence-corrected chi connectivity index (χ2v) is 9.95. The number of nitrogens with zero attached hydrogens (tertiary/aromatic N) is 4. The lowest BCUT2D eigenvalue weighted by Gasteiger charge is -2.11. The number of rotatable bonds is 5. The molecule has 2 heterocycles. The fourth-order valence-electron chi connectivity index (χ4n) is 2.32. The van der Waals surface area contributed by atoms with Crippen LogP contribution in [0.5, 0.6) is 0 Å². The molecular formula is C18H21FN4O4S. The first-order valence-corrected chi connectivity index (χ1v) is 10.3. The molecule has 0 aliphatic rings. The normalized spacial score (nSPS) is 13.6. The van der Waals surface area contributed by atoms with Crippen molar-refractivity contribution in [2.45, 2.75) is 51.0 Å². The standard InChI is InChI=1S/C18H21FN4O4S/c1-10-6-7-12(8-13(10)19)15-21-16(27-22-15)11(2)28(24,25)9-14-20-17(23-26-14)18(3,4)5/h6-8,11H,9H2,1-5H3. The van der Waals surface area contributed by atoms with Gasteiger partial charge in [-0.15, -0.1) is 0 Å². The maximum absolute atomic E-state index is 13.7. The van der Waals surface area contributed by atoms with Gasteiger partial charge in [-0.2, -0.15) is 9.97 Å². The molecule has 1 aromatic carbocycles. The van der Waals surface area contributed by atoms with Crippen molar-refractivity contribution >= 4 is 9.84 Å². The Morgan fingerprint density at radius 1 is 1.14 bits per heavy atom. The lowest BCUT2D eigenvalue weighted by molar-refractivity contribution is 0.367. The molecule has 0 fully saturated rings. The minimum Gasteiger partial charge on any atom is -0.338 e. The van der Waals surface area contributed by atoms with Crippen LogP contribution in [-0.2, 0) is 21.0 Å². The van der Waals surface area contributed by atoms with Crippen molar-refractivity contribution in [3.8, 4) is 11.4 Å². The fourth-order valence-corrected chi connectivity index (χ4v) is 3.43. The Labute approximate surface area is 162 Å². The molecule has 0 amide bonds. The molecule has 2 aromatic heterocycles. The summed E-state index contributed by atoms with van der Waals surface area (Å²) in [6.07, 6.45) is 0. The number of halogens is 1. The molecule has 150 valence electrons. The molecule has 0 saturated heterocycles. The van der Waals surface area contributed by atoms with Gasteiger partial charge in [0.2, 0.25) is 17.6 Å². The third-order valence-corrected chi connectivity index (χ3v) is 6.15. The van der Waals surface area contributed by atoms with Crippen LogP contribution in [0.2, 0.25) is 0 Å². The number of sulfone groups is 1. The maximum atomic E-state index is 13.7. The first kappa shape index (κ1) is 20.1. The highest BCUT2D eigenvalue weighted by atomic mass is 32.2. The zero-order valence-electron chi connectivity index (χ0n) is 16.2. The van der Waals surface area contributed by atoms with Gasteiger partial charge in [0.05, 0.1) is 0 Å². The summed E-state index contributed by atoms with van der Waals surface area (Å²) >= 11 is 0. The Morgan fingerprint density at radius 3 is 2.46 bits per heavy atom. The largest absolute Gasteiger partial charge is 0.338 e. The topological polar surface area (TPSA) is 112 Å². The predicted octanol–water partition coefficient (Wildman–Crippen LogP) is 3.54. The second kappa shape index (κ2) is 7.08. The van der Waals surface area contributed by atoms with Gasteiger partial charge >= 0.3 is 0 Å². The van der Waals surface area contributed by atoms with Crippen molar-refractivity contribution in [2.75, 3.05) is 0 Å². The summed E-state index contributed by atoms with van der Waals surface area (Å²) in [6, 6.07) is 4.50. The highest BCUT2D eigenvalue weighted by molar-refractivity contribution is 7.90. The highest BCUT2D eigenvalue weighted by Gasteiger charge is 2.31. The van der Waals surface area contributed by atoms with Crippen LogP contribution in [0.1, 0.15) is 56.1 Å². The summed E-state index contributed by atoms with van der Waals surface area (Å²) in [6.45, 7) is 8.76. The van der Waals surface area contributed by atoms with Crippen LogP contribution < -0.4 is 0 Å². The lowest BCUT2D eigenvalue weighted by Crippen LogP contribution is -2.15. The van der Waals surface area contributed by atoms with Gasteiger partial charge in [0.15, 0.2) is 15.7 Å². The Hall–Kier alpha value is -2.62. The molecule has 28 heavy (non-hydrogen) atoms. The summed E-state index contributed by atoms with van der Waals surface area (Å²) < 4.78 is 49.3. The van der Waals surface area contributed by atoms with Gasteiger partial charge in [-0.25, -0.2) is 12.8 Å². The zero-order valence-corrected chi connectivity index (χ0v) is 17.0. The smallest absolute Gasteiger partial charge is 0.245 e. The Bertz CT molecular complexity index is 1100. The van der Waals surface area contributed by atoms with Crippen molar-refractivity contribution < 1.29 is 21.9 Å². The molecule has 10 heteroatoms. The van der Waals surface area contributed by atoms with Gasteiger partial charge in [0.1, 0.15) is 16.8 Å². The first-order valence-electron chi connectivity index (χ1n) is 8.62.